The van der Waals surface area contributed by atoms with Gasteiger partial charge in [-0.2, -0.15) is 0 Å². The fraction of sp³-hybridized carbons (Fsp3) is 1.00. The van der Waals surface area contributed by atoms with Gasteiger partial charge in [-0.3, -0.25) is 0 Å². The van der Waals surface area contributed by atoms with Crippen molar-refractivity contribution in [2.24, 2.45) is 5.92 Å². The smallest absolute Gasteiger partial charge is 0.153 e. The van der Waals surface area contributed by atoms with E-state index in [9.17, 15) is 8.42 Å². The van der Waals surface area contributed by atoms with Gasteiger partial charge < -0.3 is 5.32 Å². The van der Waals surface area contributed by atoms with Gasteiger partial charge in [0.15, 0.2) is 9.84 Å². The number of hydrogen-bond acceptors (Lipinski definition) is 3. The highest BCUT2D eigenvalue weighted by Gasteiger charge is 2.15. The first kappa shape index (κ1) is 16.2. The third kappa shape index (κ3) is 7.47. The SMILES string of the molecule is CC(C)CC(Cl)CNCCS(=O)(=O)C(C)C. The fourth-order valence-corrected chi connectivity index (χ4v) is 2.67. The molecule has 0 saturated heterocycles. The zero-order chi connectivity index (χ0) is 12.8. The van der Waals surface area contributed by atoms with Gasteiger partial charge in [0.25, 0.3) is 0 Å². The third-order valence-corrected chi connectivity index (χ3v) is 4.92. The predicted molar refractivity (Wildman–Crippen MR) is 70.9 cm³/mol. The number of nitrogens with one attached hydrogen (secondary N) is 1. The van der Waals surface area contributed by atoms with Crippen molar-refractivity contribution in [3.05, 3.63) is 0 Å². The molecule has 0 radical (unpaired) electrons. The maximum Gasteiger partial charge on any atom is 0.153 e. The first-order valence-electron chi connectivity index (χ1n) is 5.82. The normalized spacial score (nSPS) is 14.7. The van der Waals surface area contributed by atoms with Crippen LogP contribution in [0.3, 0.4) is 0 Å². The highest BCUT2D eigenvalue weighted by Crippen LogP contribution is 2.09. The summed E-state index contributed by atoms with van der Waals surface area (Å²) in [6.45, 7) is 8.82. The molecule has 3 nitrogen and oxygen atoms in total. The molecule has 0 aromatic rings. The van der Waals surface area contributed by atoms with Gasteiger partial charge in [0.1, 0.15) is 0 Å². The predicted octanol–water partition coefficient (Wildman–Crippen LogP) is 2.05. The van der Waals surface area contributed by atoms with E-state index in [0.29, 0.717) is 19.0 Å². The molecule has 0 aromatic heterocycles. The zero-order valence-electron chi connectivity index (χ0n) is 10.7. The molecule has 1 N–H and O–H groups in total. The molecule has 1 atom stereocenters. The van der Waals surface area contributed by atoms with Crippen LogP contribution in [0.5, 0.6) is 0 Å². The Hall–Kier alpha value is 0.200. The lowest BCUT2D eigenvalue weighted by Crippen LogP contribution is -2.31. The van der Waals surface area contributed by atoms with Gasteiger partial charge >= 0.3 is 0 Å². The summed E-state index contributed by atoms with van der Waals surface area (Å²) in [5.41, 5.74) is 0. The number of hydrogen-bond donors (Lipinski definition) is 1. The summed E-state index contributed by atoms with van der Waals surface area (Å²) in [5.74, 6) is 0.763. The minimum Gasteiger partial charge on any atom is -0.314 e. The van der Waals surface area contributed by atoms with E-state index < -0.39 is 9.84 Å². The molecule has 0 bridgehead atoms. The van der Waals surface area contributed by atoms with Crippen molar-refractivity contribution in [1.29, 1.82) is 0 Å². The van der Waals surface area contributed by atoms with E-state index in [-0.39, 0.29) is 16.4 Å². The Kier molecular flexibility index (Phi) is 7.61. The van der Waals surface area contributed by atoms with Crippen LogP contribution in [0.2, 0.25) is 0 Å². The summed E-state index contributed by atoms with van der Waals surface area (Å²) in [5, 5.41) is 2.88. The molecule has 0 heterocycles. The van der Waals surface area contributed by atoms with Gasteiger partial charge in [-0.15, -0.1) is 11.6 Å². The molecule has 0 rings (SSSR count). The monoisotopic (exact) mass is 269 g/mol. The molecule has 98 valence electrons. The van der Waals surface area contributed by atoms with E-state index >= 15 is 0 Å². The summed E-state index contributed by atoms with van der Waals surface area (Å²) in [6, 6.07) is 0. The van der Waals surface area contributed by atoms with Crippen LogP contribution < -0.4 is 5.32 Å². The van der Waals surface area contributed by atoms with E-state index in [0.717, 1.165) is 6.42 Å². The number of rotatable bonds is 8. The second kappa shape index (κ2) is 7.51. The lowest BCUT2D eigenvalue weighted by atomic mass is 10.1. The Morgan fingerprint density at radius 1 is 1.19 bits per heavy atom. The third-order valence-electron chi connectivity index (χ3n) is 2.37. The number of sulfone groups is 1. The topological polar surface area (TPSA) is 46.2 Å². The van der Waals surface area contributed by atoms with Crippen LogP contribution in [0.4, 0.5) is 0 Å². The standard InChI is InChI=1S/C11H24ClNO2S/c1-9(2)7-11(12)8-13-5-6-16(14,15)10(3)4/h9-11,13H,5-8H2,1-4H3. The lowest BCUT2D eigenvalue weighted by molar-refractivity contribution is 0.536. The molecular formula is C11H24ClNO2S. The minimum atomic E-state index is -2.92. The molecule has 0 saturated carbocycles. The number of alkyl halides is 1. The van der Waals surface area contributed by atoms with Gasteiger partial charge in [-0.1, -0.05) is 13.8 Å². The van der Waals surface area contributed by atoms with Crippen LogP contribution >= 0.6 is 11.6 Å². The van der Waals surface area contributed by atoms with Crippen molar-refractivity contribution in [3.8, 4) is 0 Å². The van der Waals surface area contributed by atoms with E-state index in [2.05, 4.69) is 19.2 Å². The van der Waals surface area contributed by atoms with Crippen LogP contribution in [-0.2, 0) is 9.84 Å². The van der Waals surface area contributed by atoms with E-state index in [1.165, 1.54) is 0 Å². The Balaban J connectivity index is 3.69. The largest absolute Gasteiger partial charge is 0.314 e. The number of halogens is 1. The molecule has 0 fully saturated rings. The van der Waals surface area contributed by atoms with Crippen molar-refractivity contribution in [1.82, 2.24) is 5.32 Å². The highest BCUT2D eigenvalue weighted by molar-refractivity contribution is 7.92. The Labute approximate surface area is 105 Å². The van der Waals surface area contributed by atoms with Crippen molar-refractivity contribution < 1.29 is 8.42 Å². The maximum absolute atomic E-state index is 11.5. The van der Waals surface area contributed by atoms with Crippen LogP contribution in [0.25, 0.3) is 0 Å². The van der Waals surface area contributed by atoms with Gasteiger partial charge in [0.2, 0.25) is 0 Å². The highest BCUT2D eigenvalue weighted by atomic mass is 35.5. The van der Waals surface area contributed by atoms with Gasteiger partial charge in [-0.05, 0) is 26.2 Å². The summed E-state index contributed by atoms with van der Waals surface area (Å²) in [4.78, 5) is 0. The minimum absolute atomic E-state index is 0.0850. The summed E-state index contributed by atoms with van der Waals surface area (Å²) in [6.07, 6.45) is 0.950. The molecule has 16 heavy (non-hydrogen) atoms. The van der Waals surface area contributed by atoms with Crippen molar-refractivity contribution in [2.75, 3.05) is 18.8 Å². The average Bonchev–Trinajstić information content (AvgIpc) is 2.11. The molecular weight excluding hydrogens is 246 g/mol. The van der Waals surface area contributed by atoms with Gasteiger partial charge in [0.05, 0.1) is 11.0 Å². The van der Waals surface area contributed by atoms with E-state index in [1.807, 2.05) is 0 Å². The second-order valence-electron chi connectivity index (χ2n) is 4.85. The van der Waals surface area contributed by atoms with Crippen LogP contribution in [0.1, 0.15) is 34.1 Å². The molecule has 0 aliphatic carbocycles. The van der Waals surface area contributed by atoms with Crippen molar-refractivity contribution in [3.63, 3.8) is 0 Å². The first-order valence-corrected chi connectivity index (χ1v) is 7.97. The molecule has 0 aliphatic heterocycles. The molecule has 0 aliphatic rings. The van der Waals surface area contributed by atoms with Crippen molar-refractivity contribution >= 4 is 21.4 Å². The van der Waals surface area contributed by atoms with E-state index in [1.54, 1.807) is 13.8 Å². The summed E-state index contributed by atoms with van der Waals surface area (Å²) >= 11 is 6.08. The van der Waals surface area contributed by atoms with E-state index in [4.69, 9.17) is 11.6 Å². The zero-order valence-corrected chi connectivity index (χ0v) is 12.2. The quantitative estimate of drug-likeness (QED) is 0.542. The summed E-state index contributed by atoms with van der Waals surface area (Å²) < 4.78 is 23.0. The molecule has 0 spiro atoms. The molecule has 5 heteroatoms. The fourth-order valence-electron chi connectivity index (χ4n) is 1.30. The Morgan fingerprint density at radius 3 is 2.19 bits per heavy atom. The Morgan fingerprint density at radius 2 is 1.75 bits per heavy atom. The second-order valence-corrected chi connectivity index (χ2v) is 8.14. The van der Waals surface area contributed by atoms with Gasteiger partial charge in [-0.25, -0.2) is 8.42 Å². The first-order chi connectivity index (χ1) is 7.25. The maximum atomic E-state index is 11.5. The molecule has 1 unspecified atom stereocenters. The van der Waals surface area contributed by atoms with Crippen molar-refractivity contribution in [2.45, 2.75) is 44.7 Å². The Bertz CT molecular complexity index is 276. The van der Waals surface area contributed by atoms with Crippen LogP contribution in [-0.4, -0.2) is 37.9 Å². The molecule has 0 amide bonds. The van der Waals surface area contributed by atoms with Crippen LogP contribution in [0, 0.1) is 5.92 Å². The summed E-state index contributed by atoms with van der Waals surface area (Å²) in [7, 11) is -2.92. The van der Waals surface area contributed by atoms with Gasteiger partial charge in [0, 0.05) is 18.5 Å². The average molecular weight is 270 g/mol. The molecule has 0 aromatic carbocycles. The lowest BCUT2D eigenvalue weighted by Gasteiger charge is -2.13. The van der Waals surface area contributed by atoms with Crippen LogP contribution in [0.15, 0.2) is 0 Å².